The summed E-state index contributed by atoms with van der Waals surface area (Å²) < 4.78 is 1.83. The Morgan fingerprint density at radius 2 is 1.21 bits per heavy atom. The van der Waals surface area contributed by atoms with Gasteiger partial charge in [0.2, 0.25) is 0 Å². The molecule has 0 bridgehead atoms. The quantitative estimate of drug-likeness (QED) is 0.273. The number of benzene rings is 3. The number of hydrogen-bond donors (Lipinski definition) is 2. The van der Waals surface area contributed by atoms with Gasteiger partial charge in [0.1, 0.15) is 0 Å². The molecule has 0 heterocycles. The molecule has 2 nitrogen and oxygen atoms in total. The smallest absolute Gasteiger partial charge is 0.0610 e. The third kappa shape index (κ3) is 9.34. The van der Waals surface area contributed by atoms with Crippen molar-refractivity contribution < 1.29 is 0 Å². The van der Waals surface area contributed by atoms with E-state index in [1.165, 1.54) is 5.56 Å². The number of nitrogen functional groups attached to an aromatic ring is 1. The summed E-state index contributed by atoms with van der Waals surface area (Å²) in [5, 5.41) is 3.45. The zero-order chi connectivity index (χ0) is 21.1. The standard InChI is InChI=1S/C15H13Br2N.C8H7Br2N/c16-15(17)10-13-8-4-5-9-14(13)18-11-12-6-2-1-3-7-12;9-8(10)5-6-3-1-2-4-7(6)11/h1-10,18H,11H2;1-5H,11H2. The lowest BCUT2D eigenvalue weighted by atomic mass is 10.1. The highest BCUT2D eigenvalue weighted by Gasteiger charge is 1.99. The molecule has 3 rings (SSSR count). The van der Waals surface area contributed by atoms with Crippen LogP contribution < -0.4 is 11.1 Å². The molecule has 0 amide bonds. The van der Waals surface area contributed by atoms with Crippen molar-refractivity contribution in [3.63, 3.8) is 0 Å². The maximum Gasteiger partial charge on any atom is 0.0610 e. The summed E-state index contributed by atoms with van der Waals surface area (Å²) >= 11 is 13.3. The fourth-order valence-electron chi connectivity index (χ4n) is 2.45. The van der Waals surface area contributed by atoms with Crippen LogP contribution in [0.4, 0.5) is 11.4 Å². The van der Waals surface area contributed by atoms with E-state index in [2.05, 4.69) is 105 Å². The van der Waals surface area contributed by atoms with Gasteiger partial charge in [-0.05, 0) is 105 Å². The average molecular weight is 644 g/mol. The third-order valence-electron chi connectivity index (χ3n) is 3.81. The molecule has 29 heavy (non-hydrogen) atoms. The van der Waals surface area contributed by atoms with Crippen LogP contribution in [0.15, 0.2) is 85.6 Å². The van der Waals surface area contributed by atoms with Gasteiger partial charge in [-0.25, -0.2) is 0 Å². The molecule has 0 saturated carbocycles. The Hall–Kier alpha value is -1.34. The molecule has 6 heteroatoms. The molecule has 0 atom stereocenters. The van der Waals surface area contributed by atoms with Gasteiger partial charge in [-0.2, -0.15) is 0 Å². The molecule has 0 aliphatic heterocycles. The summed E-state index contributed by atoms with van der Waals surface area (Å²) in [6.45, 7) is 0.825. The Bertz CT molecular complexity index is 961. The fraction of sp³-hybridized carbons (Fsp3) is 0.0435. The first-order valence-corrected chi connectivity index (χ1v) is 11.9. The Morgan fingerprint density at radius 1 is 0.690 bits per heavy atom. The van der Waals surface area contributed by atoms with E-state index in [1.807, 2.05) is 54.6 Å². The SMILES string of the molecule is BrC(Br)=Cc1ccccc1NCc1ccccc1.Nc1ccccc1C=C(Br)Br. The minimum atomic E-state index is 0.781. The van der Waals surface area contributed by atoms with E-state index in [0.717, 1.165) is 35.8 Å². The van der Waals surface area contributed by atoms with E-state index >= 15 is 0 Å². The van der Waals surface area contributed by atoms with Gasteiger partial charge in [-0.1, -0.05) is 66.7 Å². The highest BCUT2D eigenvalue weighted by molar-refractivity contribution is 9.28. The van der Waals surface area contributed by atoms with Crippen molar-refractivity contribution in [2.24, 2.45) is 0 Å². The molecule has 0 radical (unpaired) electrons. The molecular formula is C23H20Br4N2. The van der Waals surface area contributed by atoms with Crippen molar-refractivity contribution in [1.29, 1.82) is 0 Å². The summed E-state index contributed by atoms with van der Waals surface area (Å²) in [7, 11) is 0. The fourth-order valence-corrected chi connectivity index (χ4v) is 3.44. The molecule has 0 saturated heterocycles. The van der Waals surface area contributed by atoms with Crippen LogP contribution in [0, 0.1) is 0 Å². The van der Waals surface area contributed by atoms with Crippen LogP contribution in [0.3, 0.4) is 0 Å². The number of hydrogen-bond acceptors (Lipinski definition) is 2. The first-order chi connectivity index (χ1) is 14.0. The lowest BCUT2D eigenvalue weighted by Crippen LogP contribution is -2.00. The van der Waals surface area contributed by atoms with Gasteiger partial charge in [0, 0.05) is 17.9 Å². The van der Waals surface area contributed by atoms with Gasteiger partial charge >= 0.3 is 0 Å². The van der Waals surface area contributed by atoms with Crippen molar-refractivity contribution in [3.8, 4) is 0 Å². The predicted octanol–water partition coefficient (Wildman–Crippen LogP) is 8.74. The maximum atomic E-state index is 5.68. The van der Waals surface area contributed by atoms with Gasteiger partial charge in [0.25, 0.3) is 0 Å². The largest absolute Gasteiger partial charge is 0.398 e. The molecule has 0 aromatic heterocycles. The molecule has 3 aromatic carbocycles. The summed E-state index contributed by atoms with van der Waals surface area (Å²) in [6.07, 6.45) is 3.95. The second-order valence-corrected chi connectivity index (χ2v) is 11.5. The minimum absolute atomic E-state index is 0.781. The molecule has 0 fully saturated rings. The van der Waals surface area contributed by atoms with E-state index in [9.17, 15) is 0 Å². The van der Waals surface area contributed by atoms with Crippen LogP contribution in [0.1, 0.15) is 16.7 Å². The van der Waals surface area contributed by atoms with Gasteiger partial charge < -0.3 is 11.1 Å². The molecule has 0 aliphatic rings. The first-order valence-electron chi connectivity index (χ1n) is 8.72. The monoisotopic (exact) mass is 640 g/mol. The zero-order valence-electron chi connectivity index (χ0n) is 15.5. The molecule has 3 N–H and O–H groups in total. The third-order valence-corrected chi connectivity index (χ3v) is 4.73. The van der Waals surface area contributed by atoms with Gasteiger partial charge in [-0.15, -0.1) is 0 Å². The van der Waals surface area contributed by atoms with Crippen molar-refractivity contribution in [2.75, 3.05) is 11.1 Å². The zero-order valence-corrected chi connectivity index (χ0v) is 21.8. The lowest BCUT2D eigenvalue weighted by Gasteiger charge is -2.09. The molecule has 150 valence electrons. The predicted molar refractivity (Wildman–Crippen MR) is 143 cm³/mol. The molecular weight excluding hydrogens is 624 g/mol. The van der Waals surface area contributed by atoms with E-state index < -0.39 is 0 Å². The summed E-state index contributed by atoms with van der Waals surface area (Å²) in [6, 6.07) is 26.3. The minimum Gasteiger partial charge on any atom is -0.398 e. The van der Waals surface area contributed by atoms with E-state index in [4.69, 9.17) is 5.73 Å². The molecule has 0 aliphatic carbocycles. The number of halogens is 4. The van der Waals surface area contributed by atoms with Gasteiger partial charge in [0.15, 0.2) is 0 Å². The Labute approximate surface area is 205 Å². The van der Waals surface area contributed by atoms with Crippen molar-refractivity contribution in [1.82, 2.24) is 0 Å². The van der Waals surface area contributed by atoms with Crippen LogP contribution in [-0.4, -0.2) is 0 Å². The average Bonchev–Trinajstić information content (AvgIpc) is 2.70. The Balaban J connectivity index is 0.000000234. The van der Waals surface area contributed by atoms with E-state index in [-0.39, 0.29) is 0 Å². The summed E-state index contributed by atoms with van der Waals surface area (Å²) in [5.74, 6) is 0. The van der Waals surface area contributed by atoms with Gasteiger partial charge in [-0.3, -0.25) is 0 Å². The second-order valence-electron chi connectivity index (χ2n) is 5.92. The molecule has 0 unspecified atom stereocenters. The number of nitrogens with two attached hydrogens (primary N) is 1. The number of para-hydroxylation sites is 2. The number of anilines is 2. The van der Waals surface area contributed by atoms with Crippen molar-refractivity contribution in [3.05, 3.63) is 102 Å². The summed E-state index contributed by atoms with van der Waals surface area (Å²) in [5.41, 5.74) is 11.0. The van der Waals surface area contributed by atoms with Crippen LogP contribution >= 0.6 is 63.7 Å². The number of nitrogens with one attached hydrogen (secondary N) is 1. The van der Waals surface area contributed by atoms with Crippen molar-refractivity contribution >= 4 is 87.2 Å². The van der Waals surface area contributed by atoms with Crippen LogP contribution in [0.25, 0.3) is 12.2 Å². The summed E-state index contributed by atoms with van der Waals surface area (Å²) in [4.78, 5) is 0. The maximum absolute atomic E-state index is 5.68. The Morgan fingerprint density at radius 3 is 1.83 bits per heavy atom. The normalized spacial score (nSPS) is 9.66. The van der Waals surface area contributed by atoms with E-state index in [1.54, 1.807) is 0 Å². The van der Waals surface area contributed by atoms with Crippen LogP contribution in [-0.2, 0) is 6.54 Å². The number of rotatable bonds is 5. The van der Waals surface area contributed by atoms with Crippen LogP contribution in [0.2, 0.25) is 0 Å². The van der Waals surface area contributed by atoms with Crippen LogP contribution in [0.5, 0.6) is 0 Å². The van der Waals surface area contributed by atoms with Crippen molar-refractivity contribution in [2.45, 2.75) is 6.54 Å². The molecule has 0 spiro atoms. The molecule has 3 aromatic rings. The Kier molecular flexibility index (Phi) is 10.8. The highest BCUT2D eigenvalue weighted by atomic mass is 79.9. The lowest BCUT2D eigenvalue weighted by molar-refractivity contribution is 1.15. The first kappa shape index (κ1) is 23.9. The second kappa shape index (κ2) is 13.1. The highest BCUT2D eigenvalue weighted by Crippen LogP contribution is 2.24. The van der Waals surface area contributed by atoms with E-state index in [0.29, 0.717) is 0 Å². The topological polar surface area (TPSA) is 38.0 Å². The van der Waals surface area contributed by atoms with Gasteiger partial charge in [0.05, 0.1) is 6.78 Å².